The molecule has 142 valence electrons. The van der Waals surface area contributed by atoms with E-state index < -0.39 is 0 Å². The molecular weight excluding hydrogens is 389 g/mol. The van der Waals surface area contributed by atoms with Crippen molar-refractivity contribution in [1.82, 2.24) is 24.5 Å². The maximum atomic E-state index is 12.9. The van der Waals surface area contributed by atoms with Crippen molar-refractivity contribution < 1.29 is 9.53 Å². The summed E-state index contributed by atoms with van der Waals surface area (Å²) in [6, 6.07) is 8.78. The maximum Gasteiger partial charge on any atom is 0.272 e. The summed E-state index contributed by atoms with van der Waals surface area (Å²) in [4.78, 5) is 14.4. The third kappa shape index (κ3) is 4.26. The minimum Gasteiger partial charge on any atom is -0.470 e. The van der Waals surface area contributed by atoms with Crippen LogP contribution >= 0.6 is 23.2 Å². The summed E-state index contributed by atoms with van der Waals surface area (Å²) in [5.41, 5.74) is 1.19. The largest absolute Gasteiger partial charge is 0.470 e. The van der Waals surface area contributed by atoms with Crippen LogP contribution in [0.1, 0.15) is 23.1 Å². The number of rotatable bonds is 7. The lowest BCUT2D eigenvalue weighted by molar-refractivity contribution is 0.0759. The molecule has 27 heavy (non-hydrogen) atoms. The van der Waals surface area contributed by atoms with Crippen LogP contribution in [-0.2, 0) is 19.8 Å². The molecule has 0 saturated carbocycles. The van der Waals surface area contributed by atoms with Gasteiger partial charge in [-0.25, -0.2) is 4.68 Å². The quantitative estimate of drug-likeness (QED) is 0.598. The van der Waals surface area contributed by atoms with Crippen molar-refractivity contribution in [3.05, 3.63) is 64.2 Å². The molecule has 0 atom stereocenters. The van der Waals surface area contributed by atoms with Crippen LogP contribution in [0.4, 0.5) is 0 Å². The molecule has 3 aromatic rings. The van der Waals surface area contributed by atoms with Crippen molar-refractivity contribution in [2.24, 2.45) is 0 Å². The standard InChI is InChI=1S/C18H19Cl2N5O2/c1-3-24-16(14(20)10-22-24)11-23(2)18(26)15-8-9-21-25(15)12-27-17-7-5-4-6-13(17)19/h4-10H,3,11-12H2,1-2H3. The molecule has 0 bridgehead atoms. The zero-order valence-electron chi connectivity index (χ0n) is 15.0. The first-order valence-corrected chi connectivity index (χ1v) is 9.11. The number of para-hydroxylation sites is 1. The molecule has 0 aliphatic carbocycles. The van der Waals surface area contributed by atoms with E-state index in [0.717, 1.165) is 5.69 Å². The fourth-order valence-corrected chi connectivity index (χ4v) is 3.01. The van der Waals surface area contributed by atoms with Gasteiger partial charge < -0.3 is 9.64 Å². The molecule has 0 aliphatic rings. The van der Waals surface area contributed by atoms with Crippen LogP contribution in [0.5, 0.6) is 5.75 Å². The zero-order chi connectivity index (χ0) is 19.4. The van der Waals surface area contributed by atoms with Gasteiger partial charge in [0.15, 0.2) is 6.73 Å². The molecule has 1 amide bonds. The van der Waals surface area contributed by atoms with E-state index in [0.29, 0.717) is 34.6 Å². The van der Waals surface area contributed by atoms with Crippen molar-refractivity contribution in [2.45, 2.75) is 26.7 Å². The van der Waals surface area contributed by atoms with Gasteiger partial charge in [0.1, 0.15) is 11.4 Å². The minimum absolute atomic E-state index is 0.0687. The second-order valence-electron chi connectivity index (χ2n) is 5.84. The Bertz CT molecular complexity index is 937. The van der Waals surface area contributed by atoms with E-state index in [2.05, 4.69) is 10.2 Å². The zero-order valence-corrected chi connectivity index (χ0v) is 16.5. The van der Waals surface area contributed by atoms with Gasteiger partial charge in [-0.2, -0.15) is 10.2 Å². The number of carbonyl (C=O) groups excluding carboxylic acids is 1. The summed E-state index contributed by atoms with van der Waals surface area (Å²) >= 11 is 12.3. The number of benzene rings is 1. The van der Waals surface area contributed by atoms with Crippen molar-refractivity contribution in [1.29, 1.82) is 0 Å². The van der Waals surface area contributed by atoms with E-state index in [1.54, 1.807) is 47.2 Å². The van der Waals surface area contributed by atoms with E-state index in [4.69, 9.17) is 27.9 Å². The lowest BCUT2D eigenvalue weighted by Crippen LogP contribution is -2.30. The highest BCUT2D eigenvalue weighted by molar-refractivity contribution is 6.32. The Morgan fingerprint density at radius 3 is 2.67 bits per heavy atom. The Balaban J connectivity index is 1.71. The fourth-order valence-electron chi connectivity index (χ4n) is 2.62. The van der Waals surface area contributed by atoms with Gasteiger partial charge >= 0.3 is 0 Å². The summed E-state index contributed by atoms with van der Waals surface area (Å²) in [5, 5.41) is 9.40. The third-order valence-corrected chi connectivity index (χ3v) is 4.67. The van der Waals surface area contributed by atoms with Gasteiger partial charge in [0.2, 0.25) is 0 Å². The number of halogens is 2. The molecule has 3 rings (SSSR count). The second-order valence-corrected chi connectivity index (χ2v) is 6.65. The molecule has 0 spiro atoms. The van der Waals surface area contributed by atoms with Gasteiger partial charge in [0, 0.05) is 19.8 Å². The first kappa shape index (κ1) is 19.3. The Kier molecular flexibility index (Phi) is 6.03. The smallest absolute Gasteiger partial charge is 0.272 e. The first-order valence-electron chi connectivity index (χ1n) is 8.36. The van der Waals surface area contributed by atoms with Gasteiger partial charge in [-0.1, -0.05) is 35.3 Å². The molecule has 0 radical (unpaired) electrons. The molecule has 9 heteroatoms. The summed E-state index contributed by atoms with van der Waals surface area (Å²) < 4.78 is 8.93. The minimum atomic E-state index is -0.199. The molecule has 2 aromatic heterocycles. The van der Waals surface area contributed by atoms with E-state index in [1.807, 2.05) is 19.1 Å². The molecule has 0 N–H and O–H groups in total. The van der Waals surface area contributed by atoms with Crippen LogP contribution in [0.2, 0.25) is 10.0 Å². The predicted octanol–water partition coefficient (Wildman–Crippen LogP) is 3.72. The molecule has 0 unspecified atom stereocenters. The lowest BCUT2D eigenvalue weighted by Gasteiger charge is -2.19. The average Bonchev–Trinajstić information content (AvgIpc) is 3.27. The van der Waals surface area contributed by atoms with Crippen LogP contribution in [0.3, 0.4) is 0 Å². The van der Waals surface area contributed by atoms with E-state index in [1.165, 1.54) is 4.68 Å². The summed E-state index contributed by atoms with van der Waals surface area (Å²) in [6.07, 6.45) is 3.14. The van der Waals surface area contributed by atoms with Crippen LogP contribution in [-0.4, -0.2) is 37.4 Å². The fraction of sp³-hybridized carbons (Fsp3) is 0.278. The maximum absolute atomic E-state index is 12.9. The normalized spacial score (nSPS) is 10.8. The third-order valence-electron chi connectivity index (χ3n) is 4.05. The number of ether oxygens (including phenoxy) is 1. The molecular formula is C18H19Cl2N5O2. The number of amides is 1. The monoisotopic (exact) mass is 407 g/mol. The van der Waals surface area contributed by atoms with Crippen LogP contribution in [0.25, 0.3) is 0 Å². The molecule has 2 heterocycles. The summed E-state index contributed by atoms with van der Waals surface area (Å²) in [6.45, 7) is 3.05. The number of hydrogen-bond donors (Lipinski definition) is 0. The number of aryl methyl sites for hydroxylation is 1. The predicted molar refractivity (Wildman–Crippen MR) is 103 cm³/mol. The van der Waals surface area contributed by atoms with Crippen molar-refractivity contribution in [2.75, 3.05) is 7.05 Å². The van der Waals surface area contributed by atoms with Gasteiger partial charge in [-0.05, 0) is 25.1 Å². The number of hydrogen-bond acceptors (Lipinski definition) is 4. The molecule has 0 fully saturated rings. The SMILES string of the molecule is CCn1ncc(Cl)c1CN(C)C(=O)c1ccnn1COc1ccccc1Cl. The lowest BCUT2D eigenvalue weighted by atomic mass is 10.3. The molecule has 0 saturated heterocycles. The van der Waals surface area contributed by atoms with Crippen molar-refractivity contribution >= 4 is 29.1 Å². The van der Waals surface area contributed by atoms with Crippen LogP contribution in [0.15, 0.2) is 42.7 Å². The number of carbonyl (C=O) groups is 1. The number of aromatic nitrogens is 4. The van der Waals surface area contributed by atoms with Gasteiger partial charge in [-0.15, -0.1) is 0 Å². The Morgan fingerprint density at radius 1 is 1.15 bits per heavy atom. The highest BCUT2D eigenvalue weighted by Gasteiger charge is 2.20. The Labute approximate surface area is 167 Å². The summed E-state index contributed by atoms with van der Waals surface area (Å²) in [5.74, 6) is 0.329. The topological polar surface area (TPSA) is 65.2 Å². The molecule has 0 aliphatic heterocycles. The van der Waals surface area contributed by atoms with E-state index in [9.17, 15) is 4.79 Å². The van der Waals surface area contributed by atoms with Crippen LogP contribution < -0.4 is 4.74 Å². The first-order chi connectivity index (χ1) is 13.0. The van der Waals surface area contributed by atoms with Crippen molar-refractivity contribution in [3.63, 3.8) is 0 Å². The van der Waals surface area contributed by atoms with E-state index in [-0.39, 0.29) is 12.6 Å². The number of nitrogens with zero attached hydrogens (tertiary/aromatic N) is 5. The van der Waals surface area contributed by atoms with Gasteiger partial charge in [-0.3, -0.25) is 9.48 Å². The highest BCUT2D eigenvalue weighted by Crippen LogP contribution is 2.23. The van der Waals surface area contributed by atoms with E-state index >= 15 is 0 Å². The summed E-state index contributed by atoms with van der Waals surface area (Å²) in [7, 11) is 1.71. The molecule has 1 aromatic carbocycles. The highest BCUT2D eigenvalue weighted by atomic mass is 35.5. The van der Waals surface area contributed by atoms with Crippen molar-refractivity contribution in [3.8, 4) is 5.75 Å². The van der Waals surface area contributed by atoms with Crippen LogP contribution in [0, 0.1) is 0 Å². The molecule has 7 nitrogen and oxygen atoms in total. The van der Waals surface area contributed by atoms with Gasteiger partial charge in [0.05, 0.1) is 28.5 Å². The second kappa shape index (κ2) is 8.45. The average molecular weight is 408 g/mol. The Morgan fingerprint density at radius 2 is 1.93 bits per heavy atom. The Hall–Kier alpha value is -2.51. The van der Waals surface area contributed by atoms with Gasteiger partial charge in [0.25, 0.3) is 5.91 Å².